The number of ether oxygens (including phenoxy) is 1. The van der Waals surface area contributed by atoms with E-state index in [9.17, 15) is 4.79 Å². The van der Waals surface area contributed by atoms with Crippen LogP contribution in [0.2, 0.25) is 10.0 Å². The van der Waals surface area contributed by atoms with Gasteiger partial charge in [-0.3, -0.25) is 4.79 Å². The number of hydrogen-bond donors (Lipinski definition) is 1. The Morgan fingerprint density at radius 2 is 1.89 bits per heavy atom. The molecule has 0 aliphatic heterocycles. The van der Waals surface area contributed by atoms with E-state index in [0.717, 1.165) is 21.1 Å². The van der Waals surface area contributed by atoms with Crippen molar-refractivity contribution in [3.63, 3.8) is 0 Å². The van der Waals surface area contributed by atoms with Gasteiger partial charge in [-0.2, -0.15) is 0 Å². The zero-order valence-electron chi connectivity index (χ0n) is 14.8. The number of carbonyl (C=O) groups is 1. The van der Waals surface area contributed by atoms with Gasteiger partial charge in [-0.1, -0.05) is 35.3 Å². The van der Waals surface area contributed by atoms with Crippen LogP contribution in [0.1, 0.15) is 27.3 Å². The summed E-state index contributed by atoms with van der Waals surface area (Å²) in [6, 6.07) is 10.7. The van der Waals surface area contributed by atoms with Crippen molar-refractivity contribution in [1.29, 1.82) is 0 Å². The molecule has 1 amide bonds. The second-order valence-electron chi connectivity index (χ2n) is 5.61. The number of amides is 1. The van der Waals surface area contributed by atoms with Crippen molar-refractivity contribution in [2.24, 2.45) is 0 Å². The highest BCUT2D eigenvalue weighted by molar-refractivity contribution is 7.12. The third-order valence-corrected chi connectivity index (χ3v) is 5.21. The van der Waals surface area contributed by atoms with Gasteiger partial charge in [0, 0.05) is 21.5 Å². The van der Waals surface area contributed by atoms with Gasteiger partial charge in [-0.25, -0.2) is 9.97 Å². The second-order valence-corrected chi connectivity index (χ2v) is 7.75. The van der Waals surface area contributed by atoms with E-state index in [-0.39, 0.29) is 23.2 Å². The predicted octanol–water partition coefficient (Wildman–Crippen LogP) is 5.15. The molecule has 5 nitrogen and oxygen atoms in total. The monoisotopic (exact) mass is 421 g/mol. The van der Waals surface area contributed by atoms with Crippen LogP contribution in [0.3, 0.4) is 0 Å². The highest BCUT2D eigenvalue weighted by atomic mass is 35.5. The third kappa shape index (κ3) is 4.77. The van der Waals surface area contributed by atoms with Gasteiger partial charge >= 0.3 is 0 Å². The smallest absolute Gasteiger partial charge is 0.271 e. The van der Waals surface area contributed by atoms with Crippen LogP contribution in [0.4, 0.5) is 0 Å². The van der Waals surface area contributed by atoms with Gasteiger partial charge in [0.1, 0.15) is 5.01 Å². The Morgan fingerprint density at radius 3 is 2.59 bits per heavy atom. The lowest BCUT2D eigenvalue weighted by Gasteiger charge is -2.07. The van der Waals surface area contributed by atoms with Crippen molar-refractivity contribution in [3.8, 4) is 17.1 Å². The SMILES string of the molecule is CCOc1ccc(Cl)c(C(=O)NCc2nc(-c3ccc(Cl)cc3)c(C)s2)n1. The quantitative estimate of drug-likeness (QED) is 0.597. The fourth-order valence-corrected chi connectivity index (χ4v) is 3.67. The van der Waals surface area contributed by atoms with Gasteiger partial charge in [0.15, 0.2) is 5.69 Å². The molecule has 140 valence electrons. The average molecular weight is 422 g/mol. The Bertz CT molecular complexity index is 958. The zero-order valence-corrected chi connectivity index (χ0v) is 17.1. The van der Waals surface area contributed by atoms with Crippen molar-refractivity contribution in [2.45, 2.75) is 20.4 Å². The largest absolute Gasteiger partial charge is 0.478 e. The van der Waals surface area contributed by atoms with Crippen molar-refractivity contribution in [2.75, 3.05) is 6.61 Å². The van der Waals surface area contributed by atoms with Crippen molar-refractivity contribution >= 4 is 40.4 Å². The molecule has 3 rings (SSSR count). The first-order chi connectivity index (χ1) is 13.0. The van der Waals surface area contributed by atoms with E-state index in [4.69, 9.17) is 27.9 Å². The van der Waals surface area contributed by atoms with Gasteiger partial charge in [-0.15, -0.1) is 11.3 Å². The van der Waals surface area contributed by atoms with Gasteiger partial charge < -0.3 is 10.1 Å². The molecule has 0 spiro atoms. The molecule has 8 heteroatoms. The lowest BCUT2D eigenvalue weighted by molar-refractivity contribution is 0.0945. The molecule has 0 unspecified atom stereocenters. The molecule has 0 saturated heterocycles. The van der Waals surface area contributed by atoms with E-state index in [1.54, 1.807) is 12.1 Å². The Kier molecular flexibility index (Phi) is 6.31. The molecule has 0 saturated carbocycles. The number of pyridine rings is 1. The first-order valence-corrected chi connectivity index (χ1v) is 9.85. The van der Waals surface area contributed by atoms with Crippen molar-refractivity contribution < 1.29 is 9.53 Å². The molecular formula is C19H17Cl2N3O2S. The van der Waals surface area contributed by atoms with E-state index in [2.05, 4.69) is 15.3 Å². The number of nitrogens with zero attached hydrogens (tertiary/aromatic N) is 2. The summed E-state index contributed by atoms with van der Waals surface area (Å²) in [4.78, 5) is 22.3. The number of aryl methyl sites for hydroxylation is 1. The number of nitrogens with one attached hydrogen (secondary N) is 1. The van der Waals surface area contributed by atoms with Crippen LogP contribution in [0.25, 0.3) is 11.3 Å². The Morgan fingerprint density at radius 1 is 1.15 bits per heavy atom. The number of halogens is 2. The van der Waals surface area contributed by atoms with Crippen LogP contribution in [-0.2, 0) is 6.54 Å². The molecule has 0 fully saturated rings. The number of carbonyl (C=O) groups excluding carboxylic acids is 1. The van der Waals surface area contributed by atoms with E-state index in [1.807, 2.05) is 38.1 Å². The summed E-state index contributed by atoms with van der Waals surface area (Å²) in [6.45, 7) is 4.59. The van der Waals surface area contributed by atoms with E-state index in [1.165, 1.54) is 11.3 Å². The summed E-state index contributed by atoms with van der Waals surface area (Å²) < 4.78 is 5.32. The fourth-order valence-electron chi connectivity index (χ4n) is 2.45. The molecule has 0 aliphatic rings. The summed E-state index contributed by atoms with van der Waals surface area (Å²) >= 11 is 13.6. The molecule has 1 N–H and O–H groups in total. The summed E-state index contributed by atoms with van der Waals surface area (Å²) in [7, 11) is 0. The highest BCUT2D eigenvalue weighted by Gasteiger charge is 2.15. The summed E-state index contributed by atoms with van der Waals surface area (Å²) in [5, 5.41) is 4.56. The minimum absolute atomic E-state index is 0.133. The molecule has 1 aromatic carbocycles. The van der Waals surface area contributed by atoms with Crippen LogP contribution in [-0.4, -0.2) is 22.5 Å². The number of aromatic nitrogens is 2. The Balaban J connectivity index is 1.72. The maximum atomic E-state index is 12.4. The number of thiazole rings is 1. The van der Waals surface area contributed by atoms with Crippen LogP contribution >= 0.6 is 34.5 Å². The molecule has 0 radical (unpaired) electrons. The van der Waals surface area contributed by atoms with Crippen molar-refractivity contribution in [3.05, 3.63) is 62.0 Å². The van der Waals surface area contributed by atoms with Gasteiger partial charge in [0.25, 0.3) is 5.91 Å². The first-order valence-electron chi connectivity index (χ1n) is 8.27. The standard InChI is InChI=1S/C19H17Cl2N3O2S/c1-3-26-15-9-8-14(21)18(23-15)19(25)22-10-16-24-17(11(2)27-16)12-4-6-13(20)7-5-12/h4-9H,3,10H2,1-2H3,(H,22,25). The Labute approximate surface area is 171 Å². The number of benzene rings is 1. The molecule has 3 aromatic rings. The second kappa shape index (κ2) is 8.69. The lowest BCUT2D eigenvalue weighted by atomic mass is 10.1. The summed E-state index contributed by atoms with van der Waals surface area (Å²) in [5.41, 5.74) is 2.00. The van der Waals surface area contributed by atoms with Gasteiger partial charge in [0.2, 0.25) is 5.88 Å². The minimum Gasteiger partial charge on any atom is -0.478 e. The van der Waals surface area contributed by atoms with Crippen LogP contribution in [0.15, 0.2) is 36.4 Å². The van der Waals surface area contributed by atoms with Crippen molar-refractivity contribution in [1.82, 2.24) is 15.3 Å². The number of hydrogen-bond acceptors (Lipinski definition) is 5. The van der Waals surface area contributed by atoms with E-state index >= 15 is 0 Å². The Hall–Kier alpha value is -2.15. The van der Waals surface area contributed by atoms with E-state index in [0.29, 0.717) is 17.5 Å². The lowest BCUT2D eigenvalue weighted by Crippen LogP contribution is -2.24. The molecule has 0 atom stereocenters. The van der Waals surface area contributed by atoms with Crippen LogP contribution < -0.4 is 10.1 Å². The summed E-state index contributed by atoms with van der Waals surface area (Å²) in [6.07, 6.45) is 0. The molecule has 0 aliphatic carbocycles. The predicted molar refractivity (Wildman–Crippen MR) is 109 cm³/mol. The van der Waals surface area contributed by atoms with Gasteiger partial charge in [-0.05, 0) is 32.0 Å². The zero-order chi connectivity index (χ0) is 19.4. The average Bonchev–Trinajstić information content (AvgIpc) is 3.03. The first kappa shape index (κ1) is 19.6. The topological polar surface area (TPSA) is 64.1 Å². The molecule has 2 aromatic heterocycles. The van der Waals surface area contributed by atoms with Crippen LogP contribution in [0, 0.1) is 6.92 Å². The maximum Gasteiger partial charge on any atom is 0.271 e. The number of rotatable bonds is 6. The molecular weight excluding hydrogens is 405 g/mol. The maximum absolute atomic E-state index is 12.4. The van der Waals surface area contributed by atoms with Gasteiger partial charge in [0.05, 0.1) is 23.9 Å². The minimum atomic E-state index is -0.373. The molecule has 27 heavy (non-hydrogen) atoms. The van der Waals surface area contributed by atoms with E-state index < -0.39 is 0 Å². The van der Waals surface area contributed by atoms with Crippen LogP contribution in [0.5, 0.6) is 5.88 Å². The highest BCUT2D eigenvalue weighted by Crippen LogP contribution is 2.28. The summed E-state index contributed by atoms with van der Waals surface area (Å²) in [5.74, 6) is -0.00961. The molecule has 0 bridgehead atoms. The fraction of sp³-hybridized carbons (Fsp3) is 0.211. The normalized spacial score (nSPS) is 10.7. The third-order valence-electron chi connectivity index (χ3n) is 3.69. The molecule has 2 heterocycles.